The van der Waals surface area contributed by atoms with Crippen molar-refractivity contribution < 1.29 is 4.39 Å². The number of nitrogens with zero attached hydrogens (tertiary/aromatic N) is 3. The molecule has 0 aromatic carbocycles. The lowest BCUT2D eigenvalue weighted by molar-refractivity contribution is 0.344. The molecule has 0 bridgehead atoms. The van der Waals surface area contributed by atoms with E-state index < -0.39 is 0 Å². The van der Waals surface area contributed by atoms with Gasteiger partial charge >= 0.3 is 0 Å². The normalized spacial score (nSPS) is 24.3. The zero-order valence-electron chi connectivity index (χ0n) is 11.1. The van der Waals surface area contributed by atoms with Gasteiger partial charge < -0.3 is 10.6 Å². The van der Waals surface area contributed by atoms with E-state index in [2.05, 4.69) is 16.9 Å². The van der Waals surface area contributed by atoms with Gasteiger partial charge in [0, 0.05) is 19.1 Å². The summed E-state index contributed by atoms with van der Waals surface area (Å²) in [5.74, 6) is 0.579. The van der Waals surface area contributed by atoms with Crippen LogP contribution < -0.4 is 10.6 Å². The summed E-state index contributed by atoms with van der Waals surface area (Å²) in [7, 11) is 0. The Bertz CT molecular complexity index is 410. The Labute approximate surface area is 107 Å². The zero-order valence-corrected chi connectivity index (χ0v) is 11.1. The maximum atomic E-state index is 14.2. The Morgan fingerprint density at radius 2 is 2.22 bits per heavy atom. The molecule has 4 nitrogen and oxygen atoms in total. The van der Waals surface area contributed by atoms with Crippen LogP contribution in [0.25, 0.3) is 0 Å². The Morgan fingerprint density at radius 3 is 2.89 bits per heavy atom. The molecule has 2 unspecified atom stereocenters. The lowest BCUT2D eigenvalue weighted by Crippen LogP contribution is -2.47. The second kappa shape index (κ2) is 5.61. The lowest BCUT2D eigenvalue weighted by atomic mass is 9.91. The van der Waals surface area contributed by atoms with E-state index in [0.29, 0.717) is 23.9 Å². The third-order valence-corrected chi connectivity index (χ3v) is 3.79. The van der Waals surface area contributed by atoms with Crippen LogP contribution >= 0.6 is 0 Å². The third-order valence-electron chi connectivity index (χ3n) is 3.79. The van der Waals surface area contributed by atoms with Crippen molar-refractivity contribution in [1.29, 1.82) is 0 Å². The largest absolute Gasteiger partial charge is 0.354 e. The highest BCUT2D eigenvalue weighted by Crippen LogP contribution is 2.25. The van der Waals surface area contributed by atoms with Gasteiger partial charge in [-0.05, 0) is 18.8 Å². The van der Waals surface area contributed by atoms with Gasteiger partial charge in [-0.25, -0.2) is 14.4 Å². The van der Waals surface area contributed by atoms with Crippen molar-refractivity contribution in [3.63, 3.8) is 0 Å². The van der Waals surface area contributed by atoms with E-state index in [4.69, 9.17) is 5.73 Å². The van der Waals surface area contributed by atoms with Gasteiger partial charge in [0.15, 0.2) is 11.6 Å². The van der Waals surface area contributed by atoms with Crippen molar-refractivity contribution in [3.8, 4) is 0 Å². The number of aromatic nitrogens is 2. The first-order valence-corrected chi connectivity index (χ1v) is 6.67. The number of piperidine rings is 1. The van der Waals surface area contributed by atoms with Crippen LogP contribution in [0.3, 0.4) is 0 Å². The van der Waals surface area contributed by atoms with E-state index in [-0.39, 0.29) is 11.9 Å². The highest BCUT2D eigenvalue weighted by molar-refractivity contribution is 5.41. The molecule has 2 atom stereocenters. The molecule has 0 radical (unpaired) electrons. The minimum atomic E-state index is -0.273. The zero-order chi connectivity index (χ0) is 13.1. The second-order valence-electron chi connectivity index (χ2n) is 4.88. The molecule has 2 N–H and O–H groups in total. The highest BCUT2D eigenvalue weighted by Gasteiger charge is 2.28. The van der Waals surface area contributed by atoms with Gasteiger partial charge in [-0.15, -0.1) is 0 Å². The summed E-state index contributed by atoms with van der Waals surface area (Å²) in [5.41, 5.74) is 6.56. The molecule has 1 saturated heterocycles. The molecule has 0 spiro atoms. The summed E-state index contributed by atoms with van der Waals surface area (Å²) in [6, 6.07) is 0.224. The number of hydrogen-bond acceptors (Lipinski definition) is 4. The number of halogens is 1. The Balaban J connectivity index is 2.21. The van der Waals surface area contributed by atoms with Crippen LogP contribution in [0.1, 0.15) is 32.4 Å². The molecule has 1 aromatic heterocycles. The van der Waals surface area contributed by atoms with Gasteiger partial charge in [-0.2, -0.15) is 0 Å². The van der Waals surface area contributed by atoms with Gasteiger partial charge in [0.2, 0.25) is 0 Å². The summed E-state index contributed by atoms with van der Waals surface area (Å²) < 4.78 is 14.2. The molecule has 0 amide bonds. The Morgan fingerprint density at radius 1 is 1.44 bits per heavy atom. The predicted octanol–water partition coefficient (Wildman–Crippen LogP) is 1.74. The molecular formula is C13H21FN4. The molecule has 0 aliphatic carbocycles. The van der Waals surface area contributed by atoms with E-state index in [1.165, 1.54) is 6.33 Å². The van der Waals surface area contributed by atoms with E-state index >= 15 is 0 Å². The van der Waals surface area contributed by atoms with Gasteiger partial charge in [0.25, 0.3) is 0 Å². The molecule has 1 aliphatic heterocycles. The van der Waals surface area contributed by atoms with Crippen molar-refractivity contribution in [2.45, 2.75) is 39.2 Å². The van der Waals surface area contributed by atoms with Crippen LogP contribution in [-0.4, -0.2) is 29.1 Å². The number of aryl methyl sites for hydroxylation is 1. The molecule has 18 heavy (non-hydrogen) atoms. The second-order valence-corrected chi connectivity index (χ2v) is 4.88. The topological polar surface area (TPSA) is 55.0 Å². The minimum absolute atomic E-state index is 0.224. The fourth-order valence-electron chi connectivity index (χ4n) is 2.54. The van der Waals surface area contributed by atoms with Crippen LogP contribution in [0.4, 0.5) is 10.2 Å². The van der Waals surface area contributed by atoms with Crippen LogP contribution in [0.5, 0.6) is 0 Å². The minimum Gasteiger partial charge on any atom is -0.354 e. The first-order valence-electron chi connectivity index (χ1n) is 6.67. The standard InChI is InChI=1S/C13H21FN4/c1-3-9-7-18(6-5-10(9)15)13-12(14)11(4-2)16-8-17-13/h8-10H,3-7,15H2,1-2H3. The summed E-state index contributed by atoms with van der Waals surface area (Å²) >= 11 is 0. The predicted molar refractivity (Wildman–Crippen MR) is 70.0 cm³/mol. The van der Waals surface area contributed by atoms with Crippen LogP contribution in [0.15, 0.2) is 6.33 Å². The first kappa shape index (κ1) is 13.2. The number of hydrogen-bond donors (Lipinski definition) is 1. The molecular weight excluding hydrogens is 231 g/mol. The average Bonchev–Trinajstić information content (AvgIpc) is 2.40. The van der Waals surface area contributed by atoms with Crippen molar-refractivity contribution in [2.75, 3.05) is 18.0 Å². The molecule has 2 heterocycles. The van der Waals surface area contributed by atoms with Gasteiger partial charge in [0.05, 0.1) is 5.69 Å². The van der Waals surface area contributed by atoms with Gasteiger partial charge in [-0.3, -0.25) is 0 Å². The quantitative estimate of drug-likeness (QED) is 0.890. The fraction of sp³-hybridized carbons (Fsp3) is 0.692. The third kappa shape index (κ3) is 2.46. The van der Waals surface area contributed by atoms with Crippen molar-refractivity contribution in [2.24, 2.45) is 11.7 Å². The average molecular weight is 252 g/mol. The molecule has 1 aromatic rings. The smallest absolute Gasteiger partial charge is 0.187 e. The van der Waals surface area contributed by atoms with E-state index in [0.717, 1.165) is 25.9 Å². The van der Waals surface area contributed by atoms with Gasteiger partial charge in [-0.1, -0.05) is 20.3 Å². The lowest BCUT2D eigenvalue weighted by Gasteiger charge is -2.37. The van der Waals surface area contributed by atoms with E-state index in [9.17, 15) is 4.39 Å². The molecule has 2 rings (SSSR count). The number of anilines is 1. The Kier molecular flexibility index (Phi) is 4.11. The molecule has 5 heteroatoms. The van der Waals surface area contributed by atoms with E-state index in [1.807, 2.05) is 11.8 Å². The van der Waals surface area contributed by atoms with Crippen molar-refractivity contribution in [3.05, 3.63) is 17.8 Å². The SMILES string of the molecule is CCc1ncnc(N2CCC(N)C(CC)C2)c1F. The summed E-state index contributed by atoms with van der Waals surface area (Å²) in [5, 5.41) is 0. The number of rotatable bonds is 3. The maximum absolute atomic E-state index is 14.2. The van der Waals surface area contributed by atoms with Crippen LogP contribution in [0.2, 0.25) is 0 Å². The highest BCUT2D eigenvalue weighted by atomic mass is 19.1. The number of nitrogens with two attached hydrogens (primary N) is 1. The van der Waals surface area contributed by atoms with Crippen molar-refractivity contribution >= 4 is 5.82 Å². The molecule has 0 saturated carbocycles. The summed E-state index contributed by atoms with van der Waals surface area (Å²) in [4.78, 5) is 10.1. The van der Waals surface area contributed by atoms with Gasteiger partial charge in [0.1, 0.15) is 6.33 Å². The fourth-order valence-corrected chi connectivity index (χ4v) is 2.54. The van der Waals surface area contributed by atoms with Crippen molar-refractivity contribution in [1.82, 2.24) is 9.97 Å². The summed E-state index contributed by atoms with van der Waals surface area (Å²) in [6.45, 7) is 5.58. The first-order chi connectivity index (χ1) is 8.67. The molecule has 1 fully saturated rings. The van der Waals surface area contributed by atoms with E-state index in [1.54, 1.807) is 0 Å². The van der Waals surface area contributed by atoms with Crippen LogP contribution in [0, 0.1) is 11.7 Å². The monoisotopic (exact) mass is 252 g/mol. The molecule has 1 aliphatic rings. The van der Waals surface area contributed by atoms with Crippen LogP contribution in [-0.2, 0) is 6.42 Å². The molecule has 100 valence electrons. The maximum Gasteiger partial charge on any atom is 0.187 e. The summed E-state index contributed by atoms with van der Waals surface area (Å²) in [6.07, 6.45) is 3.95. The Hall–Kier alpha value is -1.23.